The molecular formula is C21H30N4O3S2. The number of sulfonamides is 1. The summed E-state index contributed by atoms with van der Waals surface area (Å²) in [6, 6.07) is 10.5. The third kappa shape index (κ3) is 5.57. The quantitative estimate of drug-likeness (QED) is 0.698. The number of ether oxygens (including phenoxy) is 1. The summed E-state index contributed by atoms with van der Waals surface area (Å²) < 4.78 is 37.1. The van der Waals surface area contributed by atoms with Gasteiger partial charge in [-0.2, -0.15) is 4.37 Å². The predicted octanol–water partition coefficient (Wildman–Crippen LogP) is 3.17. The second kappa shape index (κ2) is 9.72. The van der Waals surface area contributed by atoms with Crippen LogP contribution in [0.25, 0.3) is 0 Å². The first-order valence-electron chi connectivity index (χ1n) is 10.7. The first-order valence-corrected chi connectivity index (χ1v) is 13.3. The van der Waals surface area contributed by atoms with E-state index in [1.165, 1.54) is 23.4 Å². The van der Waals surface area contributed by atoms with Gasteiger partial charge in [-0.3, -0.25) is 0 Å². The zero-order valence-electron chi connectivity index (χ0n) is 17.3. The fourth-order valence-electron chi connectivity index (χ4n) is 4.73. The Morgan fingerprint density at radius 1 is 1.17 bits per heavy atom. The van der Waals surface area contributed by atoms with Gasteiger partial charge in [0.25, 0.3) is 0 Å². The minimum atomic E-state index is -3.29. The second-order valence-electron chi connectivity index (χ2n) is 8.34. The normalized spacial score (nSPS) is 27.8. The molecule has 0 unspecified atom stereocenters. The molecule has 1 saturated heterocycles. The van der Waals surface area contributed by atoms with Crippen LogP contribution in [0.15, 0.2) is 36.7 Å². The molecule has 30 heavy (non-hydrogen) atoms. The van der Waals surface area contributed by atoms with Crippen molar-refractivity contribution >= 4 is 26.7 Å². The van der Waals surface area contributed by atoms with Crippen molar-refractivity contribution < 1.29 is 13.2 Å². The molecule has 2 fully saturated rings. The van der Waals surface area contributed by atoms with Gasteiger partial charge in [0.15, 0.2) is 0 Å². The second-order valence-corrected chi connectivity index (χ2v) is 10.9. The number of anilines is 1. The topological polar surface area (TPSA) is 84.4 Å². The Balaban J connectivity index is 1.38. The number of aromatic nitrogens is 2. The van der Waals surface area contributed by atoms with Crippen LogP contribution >= 0.6 is 11.5 Å². The maximum absolute atomic E-state index is 11.9. The van der Waals surface area contributed by atoms with Gasteiger partial charge in [0.1, 0.15) is 6.33 Å². The maximum atomic E-state index is 11.9. The van der Waals surface area contributed by atoms with E-state index in [4.69, 9.17) is 4.74 Å². The van der Waals surface area contributed by atoms with E-state index in [1.54, 1.807) is 6.33 Å². The van der Waals surface area contributed by atoms with E-state index in [2.05, 4.69) is 49.3 Å². The third-order valence-electron chi connectivity index (χ3n) is 6.19. The zero-order chi connectivity index (χ0) is 21.0. The molecule has 4 rings (SSSR count). The largest absolute Gasteiger partial charge is 0.376 e. The summed E-state index contributed by atoms with van der Waals surface area (Å²) in [4.78, 5) is 6.53. The Hall–Kier alpha value is -1.55. The summed E-state index contributed by atoms with van der Waals surface area (Å²) in [5, 5.41) is 0.830. The van der Waals surface area contributed by atoms with Crippen molar-refractivity contribution in [3.63, 3.8) is 0 Å². The summed E-state index contributed by atoms with van der Waals surface area (Å²) in [5.41, 5.74) is 1.42. The van der Waals surface area contributed by atoms with Crippen LogP contribution in [0, 0.1) is 0 Å². The molecule has 1 aliphatic carbocycles. The molecule has 2 heterocycles. The average molecular weight is 451 g/mol. The lowest BCUT2D eigenvalue weighted by molar-refractivity contribution is 0.0102. The number of rotatable bonds is 7. The van der Waals surface area contributed by atoms with Crippen molar-refractivity contribution in [2.75, 3.05) is 24.3 Å². The number of benzene rings is 1. The summed E-state index contributed by atoms with van der Waals surface area (Å²) in [7, 11) is -3.29. The van der Waals surface area contributed by atoms with Gasteiger partial charge >= 0.3 is 0 Å². The molecule has 2 aliphatic rings. The minimum absolute atomic E-state index is 0.0757. The zero-order valence-corrected chi connectivity index (χ0v) is 18.9. The fraction of sp³-hybridized carbons (Fsp3) is 0.619. The van der Waals surface area contributed by atoms with Crippen LogP contribution < -0.4 is 9.62 Å². The van der Waals surface area contributed by atoms with Crippen molar-refractivity contribution in [3.8, 4) is 0 Å². The van der Waals surface area contributed by atoms with Gasteiger partial charge < -0.3 is 9.64 Å². The van der Waals surface area contributed by atoms with E-state index in [0.717, 1.165) is 50.2 Å². The van der Waals surface area contributed by atoms with Crippen molar-refractivity contribution in [1.29, 1.82) is 0 Å². The van der Waals surface area contributed by atoms with Crippen LogP contribution in [0.3, 0.4) is 0 Å². The van der Waals surface area contributed by atoms with Crippen LogP contribution in [0.2, 0.25) is 0 Å². The van der Waals surface area contributed by atoms with Crippen LogP contribution in [0.1, 0.15) is 50.0 Å². The smallest absolute Gasteiger partial charge is 0.209 e. The maximum Gasteiger partial charge on any atom is 0.209 e. The molecule has 9 heteroatoms. The highest BCUT2D eigenvalue weighted by molar-refractivity contribution is 7.88. The minimum Gasteiger partial charge on any atom is -0.376 e. The van der Waals surface area contributed by atoms with Crippen molar-refractivity contribution in [2.24, 2.45) is 0 Å². The van der Waals surface area contributed by atoms with Gasteiger partial charge in [-0.1, -0.05) is 30.3 Å². The van der Waals surface area contributed by atoms with Crippen molar-refractivity contribution in [3.05, 3.63) is 42.2 Å². The van der Waals surface area contributed by atoms with E-state index in [1.807, 2.05) is 0 Å². The lowest BCUT2D eigenvalue weighted by Crippen LogP contribution is -2.57. The van der Waals surface area contributed by atoms with E-state index in [0.29, 0.717) is 12.5 Å². The van der Waals surface area contributed by atoms with E-state index < -0.39 is 10.0 Å². The number of nitrogens with zero attached hydrogens (tertiary/aromatic N) is 3. The molecule has 1 N–H and O–H groups in total. The Labute approximate surface area is 183 Å². The molecule has 7 nitrogen and oxygen atoms in total. The van der Waals surface area contributed by atoms with Crippen LogP contribution in [-0.2, 0) is 14.8 Å². The van der Waals surface area contributed by atoms with E-state index in [-0.39, 0.29) is 18.2 Å². The number of hydrogen-bond donors (Lipinski definition) is 1. The Morgan fingerprint density at radius 3 is 2.60 bits per heavy atom. The summed E-state index contributed by atoms with van der Waals surface area (Å²) in [6.45, 7) is 1.33. The molecule has 0 bridgehead atoms. The highest BCUT2D eigenvalue weighted by atomic mass is 32.2. The summed E-state index contributed by atoms with van der Waals surface area (Å²) in [6.07, 6.45) is 9.04. The molecular weight excluding hydrogens is 420 g/mol. The molecule has 0 amide bonds. The summed E-state index contributed by atoms with van der Waals surface area (Å²) >= 11 is 1.34. The first kappa shape index (κ1) is 21.7. The number of hydrogen-bond acceptors (Lipinski definition) is 7. The van der Waals surface area contributed by atoms with Crippen LogP contribution in [0.4, 0.5) is 5.13 Å². The van der Waals surface area contributed by atoms with Crippen LogP contribution in [-0.4, -0.2) is 55.4 Å². The molecule has 1 aromatic carbocycles. The molecule has 0 radical (unpaired) electrons. The van der Waals surface area contributed by atoms with Crippen LogP contribution in [0.5, 0.6) is 0 Å². The van der Waals surface area contributed by atoms with Gasteiger partial charge in [0.2, 0.25) is 15.2 Å². The Kier molecular flexibility index (Phi) is 7.02. The SMILES string of the molecule is CS(=O)(=O)N[C@H]1CCCN(c2ncns2)[C@H]1COC1CCC(c2ccccc2)CC1. The van der Waals surface area contributed by atoms with Crippen molar-refractivity contribution in [1.82, 2.24) is 14.1 Å². The molecule has 1 aliphatic heterocycles. The van der Waals surface area contributed by atoms with Gasteiger partial charge in [0.05, 0.1) is 25.0 Å². The highest BCUT2D eigenvalue weighted by Gasteiger charge is 2.35. The molecule has 2 atom stereocenters. The molecule has 1 aromatic heterocycles. The van der Waals surface area contributed by atoms with E-state index in [9.17, 15) is 8.42 Å². The molecule has 2 aromatic rings. The molecule has 0 spiro atoms. The molecule has 1 saturated carbocycles. The predicted molar refractivity (Wildman–Crippen MR) is 119 cm³/mol. The third-order valence-corrected chi connectivity index (χ3v) is 7.62. The van der Waals surface area contributed by atoms with Gasteiger partial charge in [-0.05, 0) is 50.0 Å². The lowest BCUT2D eigenvalue weighted by atomic mass is 9.83. The number of piperidine rings is 1. The summed E-state index contributed by atoms with van der Waals surface area (Å²) in [5.74, 6) is 0.610. The van der Waals surface area contributed by atoms with Gasteiger partial charge in [0, 0.05) is 24.1 Å². The van der Waals surface area contributed by atoms with Crippen molar-refractivity contribution in [2.45, 2.75) is 62.6 Å². The first-order chi connectivity index (χ1) is 14.5. The Bertz CT molecular complexity index is 884. The standard InChI is InChI=1S/C21H30N4O3S2/c1-30(26,27)24-19-8-5-13-25(21-22-15-23-29-21)20(19)14-28-18-11-9-17(10-12-18)16-6-3-2-4-7-16/h2-4,6-7,15,17-20,24H,5,8-14H2,1H3/t17?,18?,19-,20-/m0/s1. The molecule has 164 valence electrons. The highest BCUT2D eigenvalue weighted by Crippen LogP contribution is 2.34. The monoisotopic (exact) mass is 450 g/mol. The van der Waals surface area contributed by atoms with Gasteiger partial charge in [-0.25, -0.2) is 18.1 Å². The van der Waals surface area contributed by atoms with E-state index >= 15 is 0 Å². The average Bonchev–Trinajstić information content (AvgIpc) is 3.27. The fourth-order valence-corrected chi connectivity index (χ4v) is 6.17. The van der Waals surface area contributed by atoms with Gasteiger partial charge in [-0.15, -0.1) is 0 Å². The Morgan fingerprint density at radius 2 is 1.93 bits per heavy atom. The lowest BCUT2D eigenvalue weighted by Gasteiger charge is -2.41. The number of nitrogens with one attached hydrogen (secondary N) is 1.